The highest BCUT2D eigenvalue weighted by Gasteiger charge is 2.39. The second-order valence-corrected chi connectivity index (χ2v) is 4.92. The number of rotatable bonds is 3. The third kappa shape index (κ3) is 2.40. The van der Waals surface area contributed by atoms with Crippen molar-refractivity contribution in [3.05, 3.63) is 0 Å². The lowest BCUT2D eigenvalue weighted by molar-refractivity contribution is -0.00461. The molecule has 0 spiro atoms. The molecule has 2 rings (SSSR count). The Bertz CT molecular complexity index is 212. The summed E-state index contributed by atoms with van der Waals surface area (Å²) in [6.45, 7) is 1.77. The van der Waals surface area contributed by atoms with Crippen LogP contribution in [0.2, 0.25) is 0 Å². The topological polar surface area (TPSA) is 41.9 Å². The van der Waals surface area contributed by atoms with Crippen molar-refractivity contribution in [3.63, 3.8) is 0 Å². The maximum Gasteiger partial charge on any atom is 0.0971 e. The Morgan fingerprint density at radius 3 is 2.06 bits per heavy atom. The first-order valence-electron chi connectivity index (χ1n) is 6.24. The van der Waals surface area contributed by atoms with Gasteiger partial charge in [-0.05, 0) is 12.8 Å². The van der Waals surface area contributed by atoms with Gasteiger partial charge < -0.3 is 14.6 Å². The molecule has 1 aliphatic carbocycles. The van der Waals surface area contributed by atoms with Crippen LogP contribution in [0.1, 0.15) is 25.7 Å². The number of aliphatic hydroxyl groups is 1. The van der Waals surface area contributed by atoms with E-state index in [0.29, 0.717) is 6.04 Å². The maximum atomic E-state index is 10.0. The Balaban J connectivity index is 1.95. The van der Waals surface area contributed by atoms with Crippen molar-refractivity contribution in [2.75, 3.05) is 27.3 Å². The molecule has 4 nitrogen and oxygen atoms in total. The van der Waals surface area contributed by atoms with E-state index in [9.17, 15) is 5.11 Å². The van der Waals surface area contributed by atoms with Crippen LogP contribution in [-0.2, 0) is 9.47 Å². The number of methoxy groups -OCH3 is 2. The van der Waals surface area contributed by atoms with Crippen LogP contribution < -0.4 is 0 Å². The van der Waals surface area contributed by atoms with E-state index in [1.54, 1.807) is 14.2 Å². The zero-order valence-corrected chi connectivity index (χ0v) is 10.3. The lowest BCUT2D eigenvalue weighted by atomic mass is 9.91. The molecule has 0 aromatic rings. The normalized spacial score (nSPS) is 41.4. The molecule has 1 aliphatic heterocycles. The molecule has 0 aromatic heterocycles. The van der Waals surface area contributed by atoms with Crippen molar-refractivity contribution >= 4 is 0 Å². The fraction of sp³-hybridized carbons (Fsp3) is 1.00. The summed E-state index contributed by atoms with van der Waals surface area (Å²) in [5.41, 5.74) is 0. The summed E-state index contributed by atoms with van der Waals surface area (Å²) >= 11 is 0. The predicted octanol–water partition coefficient (Wildman–Crippen LogP) is 0.635. The van der Waals surface area contributed by atoms with Crippen LogP contribution in [0.15, 0.2) is 0 Å². The smallest absolute Gasteiger partial charge is 0.0971 e. The molecule has 16 heavy (non-hydrogen) atoms. The van der Waals surface area contributed by atoms with Gasteiger partial charge in [-0.15, -0.1) is 0 Å². The van der Waals surface area contributed by atoms with E-state index in [0.717, 1.165) is 32.4 Å². The van der Waals surface area contributed by atoms with E-state index < -0.39 is 0 Å². The molecule has 2 fully saturated rings. The molecule has 4 heteroatoms. The number of nitrogens with zero attached hydrogens (tertiary/aromatic N) is 1. The fourth-order valence-electron chi connectivity index (χ4n) is 3.01. The van der Waals surface area contributed by atoms with Crippen LogP contribution in [0.4, 0.5) is 0 Å². The predicted molar refractivity (Wildman–Crippen MR) is 61.4 cm³/mol. The van der Waals surface area contributed by atoms with Crippen LogP contribution in [0.5, 0.6) is 0 Å². The summed E-state index contributed by atoms with van der Waals surface area (Å²) in [5, 5.41) is 10.0. The van der Waals surface area contributed by atoms with Crippen molar-refractivity contribution in [2.45, 2.75) is 50.0 Å². The van der Waals surface area contributed by atoms with E-state index in [-0.39, 0.29) is 18.3 Å². The number of ether oxygens (including phenoxy) is 2. The zero-order chi connectivity index (χ0) is 11.5. The maximum absolute atomic E-state index is 10.0. The Morgan fingerprint density at radius 1 is 1.00 bits per heavy atom. The Labute approximate surface area is 97.5 Å². The van der Waals surface area contributed by atoms with E-state index in [4.69, 9.17) is 9.47 Å². The van der Waals surface area contributed by atoms with Gasteiger partial charge in [0.05, 0.1) is 18.3 Å². The largest absolute Gasteiger partial charge is 0.391 e. The Kier molecular flexibility index (Phi) is 4.19. The highest BCUT2D eigenvalue weighted by molar-refractivity contribution is 4.93. The number of aliphatic hydroxyl groups excluding tert-OH is 1. The zero-order valence-electron chi connectivity index (χ0n) is 10.3. The SMILES string of the molecule is COC1CN(C2CCCCC2O)CC1OC. The summed E-state index contributed by atoms with van der Waals surface area (Å²) in [6, 6.07) is 0.312. The molecule has 0 radical (unpaired) electrons. The van der Waals surface area contributed by atoms with Gasteiger partial charge in [-0.3, -0.25) is 4.90 Å². The molecule has 1 saturated heterocycles. The standard InChI is InChI=1S/C12H23NO3/c1-15-11-7-13(8-12(11)16-2)9-5-3-4-6-10(9)14/h9-12,14H,3-8H2,1-2H3. The number of likely N-dealkylation sites (tertiary alicyclic amines) is 1. The van der Waals surface area contributed by atoms with Gasteiger partial charge in [0.2, 0.25) is 0 Å². The van der Waals surface area contributed by atoms with Crippen LogP contribution in [0, 0.1) is 0 Å². The van der Waals surface area contributed by atoms with E-state index in [1.165, 1.54) is 6.42 Å². The lowest BCUT2D eigenvalue weighted by Crippen LogP contribution is -2.44. The van der Waals surface area contributed by atoms with Crippen molar-refractivity contribution in [2.24, 2.45) is 0 Å². The summed E-state index contributed by atoms with van der Waals surface area (Å²) in [5.74, 6) is 0. The van der Waals surface area contributed by atoms with Gasteiger partial charge in [-0.2, -0.15) is 0 Å². The second kappa shape index (κ2) is 5.45. The molecule has 2 aliphatic rings. The Morgan fingerprint density at radius 2 is 1.56 bits per heavy atom. The minimum absolute atomic E-state index is 0.152. The molecular formula is C12H23NO3. The number of hydrogen-bond acceptors (Lipinski definition) is 4. The first-order valence-corrected chi connectivity index (χ1v) is 6.24. The third-order valence-electron chi connectivity index (χ3n) is 4.01. The summed E-state index contributed by atoms with van der Waals surface area (Å²) in [7, 11) is 3.47. The highest BCUT2D eigenvalue weighted by Crippen LogP contribution is 2.27. The van der Waals surface area contributed by atoms with Crippen molar-refractivity contribution in [1.29, 1.82) is 0 Å². The fourth-order valence-corrected chi connectivity index (χ4v) is 3.01. The minimum atomic E-state index is -0.165. The van der Waals surface area contributed by atoms with Crippen LogP contribution in [0.3, 0.4) is 0 Å². The first kappa shape index (κ1) is 12.3. The van der Waals surface area contributed by atoms with E-state index >= 15 is 0 Å². The first-order chi connectivity index (χ1) is 7.76. The van der Waals surface area contributed by atoms with Crippen molar-refractivity contribution in [3.8, 4) is 0 Å². The monoisotopic (exact) mass is 229 g/mol. The molecule has 0 bridgehead atoms. The molecule has 1 heterocycles. The molecular weight excluding hydrogens is 206 g/mol. The quantitative estimate of drug-likeness (QED) is 0.771. The number of hydrogen-bond donors (Lipinski definition) is 1. The molecule has 0 aromatic carbocycles. The molecule has 1 saturated carbocycles. The molecule has 1 N–H and O–H groups in total. The second-order valence-electron chi connectivity index (χ2n) is 4.92. The summed E-state index contributed by atoms with van der Waals surface area (Å²) in [6.07, 6.45) is 4.57. The van der Waals surface area contributed by atoms with Gasteiger partial charge in [0.15, 0.2) is 0 Å². The lowest BCUT2D eigenvalue weighted by Gasteiger charge is -2.35. The van der Waals surface area contributed by atoms with Gasteiger partial charge in [0, 0.05) is 33.4 Å². The Hall–Kier alpha value is -0.160. The molecule has 4 atom stereocenters. The summed E-state index contributed by atoms with van der Waals surface area (Å²) < 4.78 is 10.8. The van der Waals surface area contributed by atoms with Crippen LogP contribution >= 0.6 is 0 Å². The van der Waals surface area contributed by atoms with E-state index in [2.05, 4.69) is 4.90 Å². The molecule has 0 amide bonds. The van der Waals surface area contributed by atoms with Gasteiger partial charge in [0.25, 0.3) is 0 Å². The van der Waals surface area contributed by atoms with Crippen LogP contribution in [0.25, 0.3) is 0 Å². The van der Waals surface area contributed by atoms with Gasteiger partial charge >= 0.3 is 0 Å². The third-order valence-corrected chi connectivity index (χ3v) is 4.01. The highest BCUT2D eigenvalue weighted by atomic mass is 16.5. The van der Waals surface area contributed by atoms with Crippen molar-refractivity contribution in [1.82, 2.24) is 4.90 Å². The minimum Gasteiger partial charge on any atom is -0.391 e. The average Bonchev–Trinajstić information content (AvgIpc) is 2.72. The van der Waals surface area contributed by atoms with E-state index in [1.807, 2.05) is 0 Å². The summed E-state index contributed by atoms with van der Waals surface area (Å²) in [4.78, 5) is 2.34. The molecule has 4 unspecified atom stereocenters. The van der Waals surface area contributed by atoms with Gasteiger partial charge in [-0.1, -0.05) is 12.8 Å². The van der Waals surface area contributed by atoms with Crippen molar-refractivity contribution < 1.29 is 14.6 Å². The van der Waals surface area contributed by atoms with Crippen LogP contribution in [-0.4, -0.2) is 61.7 Å². The van der Waals surface area contributed by atoms with Gasteiger partial charge in [0.1, 0.15) is 0 Å². The van der Waals surface area contributed by atoms with Gasteiger partial charge in [-0.25, -0.2) is 0 Å². The average molecular weight is 229 g/mol. The molecule has 94 valence electrons.